The van der Waals surface area contributed by atoms with E-state index in [9.17, 15) is 14.4 Å². The number of rotatable bonds is 4. The van der Waals surface area contributed by atoms with E-state index >= 15 is 0 Å². The second-order valence-corrected chi connectivity index (χ2v) is 5.76. The topological polar surface area (TPSA) is 73.6 Å². The average Bonchev–Trinajstić information content (AvgIpc) is 2.61. The first-order chi connectivity index (χ1) is 12.0. The van der Waals surface area contributed by atoms with E-state index in [1.54, 1.807) is 48.5 Å². The molecule has 1 atom stereocenters. The zero-order valence-electron chi connectivity index (χ0n) is 13.8. The highest BCUT2D eigenvalue weighted by molar-refractivity contribution is 6.01. The molecule has 1 heterocycles. The van der Waals surface area contributed by atoms with Crippen LogP contribution in [-0.4, -0.2) is 17.9 Å². The molecule has 0 radical (unpaired) electrons. The molecule has 3 aromatic rings. The Morgan fingerprint density at radius 2 is 1.72 bits per heavy atom. The Hall–Kier alpha value is -3.21. The van der Waals surface area contributed by atoms with E-state index < -0.39 is 17.7 Å². The molecule has 0 aliphatic heterocycles. The van der Waals surface area contributed by atoms with Gasteiger partial charge >= 0.3 is 11.6 Å². The van der Waals surface area contributed by atoms with Crippen molar-refractivity contribution in [3.63, 3.8) is 0 Å². The molecule has 0 bridgehead atoms. The van der Waals surface area contributed by atoms with E-state index in [4.69, 9.17) is 9.15 Å². The van der Waals surface area contributed by atoms with Crippen LogP contribution in [0, 0.1) is 6.92 Å². The molecule has 0 aliphatic carbocycles. The molecule has 5 heteroatoms. The van der Waals surface area contributed by atoms with E-state index in [1.165, 1.54) is 13.0 Å². The van der Waals surface area contributed by atoms with E-state index in [2.05, 4.69) is 0 Å². The van der Waals surface area contributed by atoms with Crippen LogP contribution >= 0.6 is 0 Å². The average molecular weight is 336 g/mol. The Kier molecular flexibility index (Phi) is 4.48. The van der Waals surface area contributed by atoms with Crippen LogP contribution in [0.2, 0.25) is 0 Å². The van der Waals surface area contributed by atoms with Crippen molar-refractivity contribution in [2.24, 2.45) is 0 Å². The lowest BCUT2D eigenvalue weighted by atomic mass is 10.1. The van der Waals surface area contributed by atoms with Crippen molar-refractivity contribution >= 4 is 22.7 Å². The second kappa shape index (κ2) is 6.73. The lowest BCUT2D eigenvalue weighted by Crippen LogP contribution is -2.27. The Labute approximate surface area is 143 Å². The number of hydrogen-bond donors (Lipinski definition) is 0. The van der Waals surface area contributed by atoms with Gasteiger partial charge in [-0.25, -0.2) is 9.59 Å². The summed E-state index contributed by atoms with van der Waals surface area (Å²) >= 11 is 0. The summed E-state index contributed by atoms with van der Waals surface area (Å²) < 4.78 is 10.3. The number of ether oxygens (including phenoxy) is 1. The van der Waals surface area contributed by atoms with Crippen molar-refractivity contribution in [3.05, 3.63) is 81.7 Å². The fourth-order valence-electron chi connectivity index (χ4n) is 2.43. The van der Waals surface area contributed by atoms with Gasteiger partial charge < -0.3 is 9.15 Å². The molecule has 2 aromatic carbocycles. The highest BCUT2D eigenvalue weighted by Crippen LogP contribution is 2.14. The molecule has 0 spiro atoms. The van der Waals surface area contributed by atoms with Crippen LogP contribution in [0.1, 0.15) is 33.2 Å². The lowest BCUT2D eigenvalue weighted by Gasteiger charge is -2.12. The minimum Gasteiger partial charge on any atom is -0.450 e. The Morgan fingerprint density at radius 3 is 2.44 bits per heavy atom. The number of aryl methyl sites for hydroxylation is 1. The second-order valence-electron chi connectivity index (χ2n) is 5.76. The summed E-state index contributed by atoms with van der Waals surface area (Å²) in [6.45, 7) is 3.39. The minimum absolute atomic E-state index is 0.234. The van der Waals surface area contributed by atoms with Crippen LogP contribution in [-0.2, 0) is 4.74 Å². The van der Waals surface area contributed by atoms with E-state index in [-0.39, 0.29) is 11.3 Å². The van der Waals surface area contributed by atoms with Gasteiger partial charge in [-0.1, -0.05) is 48.0 Å². The van der Waals surface area contributed by atoms with Gasteiger partial charge in [0.2, 0.25) is 5.78 Å². The number of esters is 1. The smallest absolute Gasteiger partial charge is 0.351 e. The molecular formula is C20H16O5. The number of Topliss-reactive ketones (excluding diaryl/α,β-unsaturated/α-hetero) is 1. The molecule has 126 valence electrons. The zero-order chi connectivity index (χ0) is 18.0. The summed E-state index contributed by atoms with van der Waals surface area (Å²) in [4.78, 5) is 36.6. The molecule has 25 heavy (non-hydrogen) atoms. The molecule has 0 amide bonds. The van der Waals surface area contributed by atoms with Crippen molar-refractivity contribution in [2.75, 3.05) is 0 Å². The van der Waals surface area contributed by atoms with Gasteiger partial charge in [0.05, 0.1) is 0 Å². The maximum atomic E-state index is 12.3. The van der Waals surface area contributed by atoms with Gasteiger partial charge in [-0.05, 0) is 26.0 Å². The standard InChI is InChI=1S/C20H16O5/c1-12-7-9-14(10-8-12)18(21)13(2)24-19(22)16-11-15-5-3-4-6-17(15)25-20(16)23/h3-11,13H,1-2H3/t13-/m0/s1. The summed E-state index contributed by atoms with van der Waals surface area (Å²) in [7, 11) is 0. The highest BCUT2D eigenvalue weighted by atomic mass is 16.5. The van der Waals surface area contributed by atoms with Crippen LogP contribution in [0.25, 0.3) is 11.0 Å². The lowest BCUT2D eigenvalue weighted by molar-refractivity contribution is 0.0315. The molecule has 0 saturated heterocycles. The van der Waals surface area contributed by atoms with Crippen molar-refractivity contribution in [2.45, 2.75) is 20.0 Å². The third-order valence-electron chi connectivity index (χ3n) is 3.85. The van der Waals surface area contributed by atoms with Crippen molar-refractivity contribution in [1.29, 1.82) is 0 Å². The molecule has 0 saturated carbocycles. The normalized spacial score (nSPS) is 11.9. The number of ketones is 1. The predicted octanol–water partition coefficient (Wildman–Crippen LogP) is 3.53. The monoisotopic (exact) mass is 336 g/mol. The fraction of sp³-hybridized carbons (Fsp3) is 0.150. The first-order valence-corrected chi connectivity index (χ1v) is 7.80. The number of para-hydroxylation sites is 1. The molecule has 1 aromatic heterocycles. The third-order valence-corrected chi connectivity index (χ3v) is 3.85. The maximum absolute atomic E-state index is 12.3. The van der Waals surface area contributed by atoms with Crippen LogP contribution < -0.4 is 5.63 Å². The number of carbonyl (C=O) groups excluding carboxylic acids is 2. The van der Waals surface area contributed by atoms with Gasteiger partial charge in [0.15, 0.2) is 6.10 Å². The number of carbonyl (C=O) groups is 2. The van der Waals surface area contributed by atoms with Gasteiger partial charge in [-0.15, -0.1) is 0 Å². The fourth-order valence-corrected chi connectivity index (χ4v) is 2.43. The minimum atomic E-state index is -1.01. The summed E-state index contributed by atoms with van der Waals surface area (Å²) in [6.07, 6.45) is -1.01. The first-order valence-electron chi connectivity index (χ1n) is 7.80. The maximum Gasteiger partial charge on any atom is 0.351 e. The summed E-state index contributed by atoms with van der Waals surface area (Å²) in [6, 6.07) is 15.2. The largest absolute Gasteiger partial charge is 0.450 e. The van der Waals surface area contributed by atoms with Crippen molar-refractivity contribution in [1.82, 2.24) is 0 Å². The SMILES string of the molecule is Cc1ccc(C(=O)[C@H](C)OC(=O)c2cc3ccccc3oc2=O)cc1. The first kappa shape index (κ1) is 16.6. The van der Waals surface area contributed by atoms with E-state index in [1.807, 2.05) is 6.92 Å². The highest BCUT2D eigenvalue weighted by Gasteiger charge is 2.23. The predicted molar refractivity (Wildman–Crippen MR) is 92.9 cm³/mol. The molecule has 0 fully saturated rings. The van der Waals surface area contributed by atoms with Crippen LogP contribution in [0.15, 0.2) is 63.8 Å². The zero-order valence-corrected chi connectivity index (χ0v) is 13.8. The van der Waals surface area contributed by atoms with Gasteiger partial charge in [0.1, 0.15) is 11.1 Å². The van der Waals surface area contributed by atoms with Crippen molar-refractivity contribution < 1.29 is 18.7 Å². The number of fused-ring (bicyclic) bond motifs is 1. The molecule has 0 N–H and O–H groups in total. The van der Waals surface area contributed by atoms with Gasteiger partial charge in [-0.3, -0.25) is 4.79 Å². The Bertz CT molecular complexity index is 999. The summed E-state index contributed by atoms with van der Waals surface area (Å²) in [5.41, 5.74) is 0.820. The number of hydrogen-bond acceptors (Lipinski definition) is 5. The summed E-state index contributed by atoms with van der Waals surface area (Å²) in [5.74, 6) is -1.22. The van der Waals surface area contributed by atoms with Gasteiger partial charge in [-0.2, -0.15) is 0 Å². The molecular weight excluding hydrogens is 320 g/mol. The Morgan fingerprint density at radius 1 is 1.04 bits per heavy atom. The van der Waals surface area contributed by atoms with Crippen LogP contribution in [0.3, 0.4) is 0 Å². The summed E-state index contributed by atoms with van der Waals surface area (Å²) in [5, 5.41) is 0.603. The molecule has 0 aliphatic rings. The van der Waals surface area contributed by atoms with Crippen LogP contribution in [0.4, 0.5) is 0 Å². The third kappa shape index (κ3) is 3.50. The Balaban J connectivity index is 1.82. The van der Waals surface area contributed by atoms with Crippen molar-refractivity contribution in [3.8, 4) is 0 Å². The van der Waals surface area contributed by atoms with E-state index in [0.29, 0.717) is 16.5 Å². The van der Waals surface area contributed by atoms with Gasteiger partial charge in [0, 0.05) is 10.9 Å². The number of benzene rings is 2. The van der Waals surface area contributed by atoms with Crippen LogP contribution in [0.5, 0.6) is 0 Å². The quantitative estimate of drug-likeness (QED) is 0.414. The molecule has 5 nitrogen and oxygen atoms in total. The molecule has 0 unspecified atom stereocenters. The molecule has 3 rings (SSSR count). The van der Waals surface area contributed by atoms with Gasteiger partial charge in [0.25, 0.3) is 0 Å². The van der Waals surface area contributed by atoms with E-state index in [0.717, 1.165) is 5.56 Å².